The summed E-state index contributed by atoms with van der Waals surface area (Å²) in [6.07, 6.45) is 40.5. The van der Waals surface area contributed by atoms with E-state index in [0.29, 0.717) is 17.3 Å². The fourth-order valence-electron chi connectivity index (χ4n) is 11.1. The molecule has 0 spiro atoms. The van der Waals surface area contributed by atoms with Crippen LogP contribution in [0.4, 0.5) is 0 Å². The minimum Gasteiger partial charge on any atom is -0.462 e. The molecule has 0 aromatic heterocycles. The molecule has 0 radical (unpaired) electrons. The van der Waals surface area contributed by atoms with E-state index in [-0.39, 0.29) is 12.1 Å². The molecule has 0 amide bonds. The first-order valence-electron chi connectivity index (χ1n) is 20.9. The summed E-state index contributed by atoms with van der Waals surface area (Å²) in [7, 11) is 0. The molecule has 47 heavy (non-hydrogen) atoms. The Morgan fingerprint density at radius 2 is 1.55 bits per heavy atom. The maximum Gasteiger partial charge on any atom is 0.306 e. The van der Waals surface area contributed by atoms with Crippen LogP contribution < -0.4 is 0 Å². The summed E-state index contributed by atoms with van der Waals surface area (Å²) in [6, 6.07) is 0. The maximum absolute atomic E-state index is 12.8. The number of ether oxygens (including phenoxy) is 1. The van der Waals surface area contributed by atoms with Crippen LogP contribution in [0.25, 0.3) is 0 Å². The molecule has 0 N–H and O–H groups in total. The zero-order valence-corrected chi connectivity index (χ0v) is 32.0. The van der Waals surface area contributed by atoms with Crippen LogP contribution in [0.3, 0.4) is 0 Å². The molecule has 2 nitrogen and oxygen atoms in total. The predicted molar refractivity (Wildman–Crippen MR) is 202 cm³/mol. The lowest BCUT2D eigenvalue weighted by Gasteiger charge is -2.58. The van der Waals surface area contributed by atoms with Gasteiger partial charge < -0.3 is 4.74 Å². The minimum atomic E-state index is 0.0477. The predicted octanol–water partition coefficient (Wildman–Crippen LogP) is 13.8. The Balaban J connectivity index is 1.13. The lowest BCUT2D eigenvalue weighted by Crippen LogP contribution is -2.51. The van der Waals surface area contributed by atoms with Crippen molar-refractivity contribution in [2.75, 3.05) is 0 Å². The highest BCUT2D eigenvalue weighted by atomic mass is 16.5. The number of hydrogen-bond donors (Lipinski definition) is 0. The van der Waals surface area contributed by atoms with E-state index in [2.05, 4.69) is 71.9 Å². The Labute approximate surface area is 292 Å². The zero-order chi connectivity index (χ0) is 33.7. The van der Waals surface area contributed by atoms with E-state index in [1.165, 1.54) is 109 Å². The van der Waals surface area contributed by atoms with Gasteiger partial charge >= 0.3 is 5.97 Å². The Bertz CT molecular complexity index is 1020. The number of hydrogen-bond acceptors (Lipinski definition) is 2. The fraction of sp³-hybridized carbons (Fsp3) is 0.844. The van der Waals surface area contributed by atoms with E-state index < -0.39 is 0 Å². The van der Waals surface area contributed by atoms with Crippen molar-refractivity contribution in [1.29, 1.82) is 0 Å². The van der Waals surface area contributed by atoms with Crippen LogP contribution in [-0.4, -0.2) is 12.1 Å². The number of allylic oxidation sites excluding steroid dienone is 5. The molecule has 4 aliphatic rings. The lowest BCUT2D eigenvalue weighted by atomic mass is 9.47. The first-order valence-corrected chi connectivity index (χ1v) is 20.9. The molecule has 0 bridgehead atoms. The van der Waals surface area contributed by atoms with Gasteiger partial charge in [-0.25, -0.2) is 0 Å². The molecule has 0 saturated heterocycles. The summed E-state index contributed by atoms with van der Waals surface area (Å²) in [6.45, 7) is 14.9. The number of esters is 1. The van der Waals surface area contributed by atoms with Crippen LogP contribution >= 0.6 is 0 Å². The van der Waals surface area contributed by atoms with E-state index in [1.54, 1.807) is 5.57 Å². The highest BCUT2D eigenvalue weighted by Gasteiger charge is 2.59. The van der Waals surface area contributed by atoms with E-state index in [1.807, 2.05) is 0 Å². The van der Waals surface area contributed by atoms with Crippen molar-refractivity contribution in [2.45, 2.75) is 195 Å². The van der Waals surface area contributed by atoms with Crippen LogP contribution in [-0.2, 0) is 9.53 Å². The summed E-state index contributed by atoms with van der Waals surface area (Å²) in [5.41, 5.74) is 2.52. The van der Waals surface area contributed by atoms with Gasteiger partial charge in [0, 0.05) is 12.8 Å². The average molecular weight is 649 g/mol. The molecule has 3 fully saturated rings. The second kappa shape index (κ2) is 19.2. The summed E-state index contributed by atoms with van der Waals surface area (Å²) in [4.78, 5) is 12.8. The summed E-state index contributed by atoms with van der Waals surface area (Å²) in [5, 5.41) is 0. The molecular formula is C45H76O2. The second-order valence-electron chi connectivity index (χ2n) is 17.6. The van der Waals surface area contributed by atoms with Gasteiger partial charge in [0.15, 0.2) is 0 Å². The third-order valence-electron chi connectivity index (χ3n) is 13.9. The highest BCUT2D eigenvalue weighted by Crippen LogP contribution is 2.67. The van der Waals surface area contributed by atoms with Crippen LogP contribution in [0.2, 0.25) is 0 Å². The normalized spacial score (nSPS) is 32.7. The third kappa shape index (κ3) is 10.6. The first kappa shape index (κ1) is 38.5. The van der Waals surface area contributed by atoms with Crippen LogP contribution in [0.1, 0.15) is 189 Å². The molecule has 0 aromatic rings. The van der Waals surface area contributed by atoms with Crippen molar-refractivity contribution < 1.29 is 9.53 Å². The van der Waals surface area contributed by atoms with Gasteiger partial charge in [-0.2, -0.15) is 0 Å². The van der Waals surface area contributed by atoms with E-state index in [4.69, 9.17) is 4.74 Å². The van der Waals surface area contributed by atoms with Gasteiger partial charge in [0.2, 0.25) is 0 Å². The maximum atomic E-state index is 12.8. The lowest BCUT2D eigenvalue weighted by molar-refractivity contribution is -0.151. The Hall–Kier alpha value is -1.31. The topological polar surface area (TPSA) is 26.3 Å². The molecule has 0 aromatic carbocycles. The Morgan fingerprint density at radius 3 is 2.30 bits per heavy atom. The quantitative estimate of drug-likeness (QED) is 0.0746. The van der Waals surface area contributed by atoms with Crippen molar-refractivity contribution in [1.82, 2.24) is 0 Å². The van der Waals surface area contributed by atoms with E-state index in [0.717, 1.165) is 67.6 Å². The highest BCUT2D eigenvalue weighted by molar-refractivity contribution is 5.69. The molecule has 4 aliphatic carbocycles. The van der Waals surface area contributed by atoms with E-state index >= 15 is 0 Å². The SMILES string of the molecule is CCCCC/C=C\C/C=C\CCCCCCCC(=O)OC1CCC2(C)C(=CCC3C2CCC2(C)C(C(C)CCCC(C)C)CCC32)C1. The van der Waals surface area contributed by atoms with Crippen molar-refractivity contribution in [2.24, 2.45) is 46.3 Å². The Kier molecular flexibility index (Phi) is 15.7. The Morgan fingerprint density at radius 1 is 0.830 bits per heavy atom. The smallest absolute Gasteiger partial charge is 0.306 e. The molecule has 3 saturated carbocycles. The van der Waals surface area contributed by atoms with Crippen molar-refractivity contribution in [3.8, 4) is 0 Å². The molecule has 0 aliphatic heterocycles. The number of carbonyl (C=O) groups excluding carboxylic acids is 1. The molecule has 8 unspecified atom stereocenters. The molecule has 4 rings (SSSR count). The number of rotatable bonds is 20. The molecule has 0 heterocycles. The van der Waals surface area contributed by atoms with Gasteiger partial charge in [-0.3, -0.25) is 4.79 Å². The van der Waals surface area contributed by atoms with Gasteiger partial charge in [-0.05, 0) is 130 Å². The third-order valence-corrected chi connectivity index (χ3v) is 13.9. The van der Waals surface area contributed by atoms with E-state index in [9.17, 15) is 4.79 Å². The van der Waals surface area contributed by atoms with Gasteiger partial charge in [0.05, 0.1) is 0 Å². The molecule has 2 heteroatoms. The average Bonchev–Trinajstić information content (AvgIpc) is 3.40. The summed E-state index contributed by atoms with van der Waals surface area (Å²) in [5.74, 6) is 5.30. The first-order chi connectivity index (χ1) is 22.7. The fourth-order valence-corrected chi connectivity index (χ4v) is 11.1. The van der Waals surface area contributed by atoms with Crippen LogP contribution in [0.15, 0.2) is 36.0 Å². The number of carbonyl (C=O) groups is 1. The number of fused-ring (bicyclic) bond motifs is 5. The van der Waals surface area contributed by atoms with Crippen LogP contribution in [0, 0.1) is 46.3 Å². The summed E-state index contributed by atoms with van der Waals surface area (Å²) >= 11 is 0. The molecule has 8 atom stereocenters. The molecule has 268 valence electrons. The second-order valence-corrected chi connectivity index (χ2v) is 17.6. The molecular weight excluding hydrogens is 572 g/mol. The zero-order valence-electron chi connectivity index (χ0n) is 32.0. The number of unbranched alkanes of at least 4 members (excludes halogenated alkanes) is 8. The minimum absolute atomic E-state index is 0.0477. The standard InChI is InChI=1S/C45H76O2/c1-7-8-9-10-11-12-13-14-15-16-17-18-19-20-21-25-43(46)47-38-30-32-44(5)37(34-38)26-27-39-41-29-28-40(36(4)24-22-23-35(2)3)45(41,6)33-31-42(39)44/h11-12,14-15,26,35-36,38-42H,7-10,13,16-25,27-34H2,1-6H3/b12-11-,15-14-. The van der Waals surface area contributed by atoms with Gasteiger partial charge in [0.1, 0.15) is 6.10 Å². The van der Waals surface area contributed by atoms with Crippen molar-refractivity contribution >= 4 is 5.97 Å². The van der Waals surface area contributed by atoms with Gasteiger partial charge in [-0.1, -0.05) is 129 Å². The van der Waals surface area contributed by atoms with Crippen molar-refractivity contribution in [3.63, 3.8) is 0 Å². The summed E-state index contributed by atoms with van der Waals surface area (Å²) < 4.78 is 6.12. The monoisotopic (exact) mass is 649 g/mol. The largest absolute Gasteiger partial charge is 0.462 e. The van der Waals surface area contributed by atoms with Gasteiger partial charge in [-0.15, -0.1) is 0 Å². The van der Waals surface area contributed by atoms with Crippen LogP contribution in [0.5, 0.6) is 0 Å². The van der Waals surface area contributed by atoms with Crippen molar-refractivity contribution in [3.05, 3.63) is 36.0 Å². The van der Waals surface area contributed by atoms with Gasteiger partial charge in [0.25, 0.3) is 0 Å².